The Kier molecular flexibility index (Phi) is 3.12. The van der Waals surface area contributed by atoms with Crippen molar-refractivity contribution in [3.8, 4) is 6.07 Å². The van der Waals surface area contributed by atoms with Crippen molar-refractivity contribution in [3.05, 3.63) is 34.9 Å². The van der Waals surface area contributed by atoms with Gasteiger partial charge in [-0.25, -0.2) is 4.99 Å². The minimum atomic E-state index is 0.0348. The predicted octanol–water partition coefficient (Wildman–Crippen LogP) is 2.65. The predicted molar refractivity (Wildman–Crippen MR) is 62.5 cm³/mol. The van der Waals surface area contributed by atoms with Gasteiger partial charge < -0.3 is 4.74 Å². The number of benzene rings is 1. The van der Waals surface area contributed by atoms with Crippen LogP contribution < -0.4 is 0 Å². The van der Waals surface area contributed by atoms with Crippen molar-refractivity contribution in [2.75, 3.05) is 7.11 Å². The van der Waals surface area contributed by atoms with Gasteiger partial charge in [-0.15, -0.1) is 0 Å². The third-order valence-electron chi connectivity index (χ3n) is 2.50. The summed E-state index contributed by atoms with van der Waals surface area (Å²) in [4.78, 5) is 4.38. The van der Waals surface area contributed by atoms with E-state index in [2.05, 4.69) is 11.1 Å². The van der Waals surface area contributed by atoms with Crippen LogP contribution in [-0.4, -0.2) is 19.0 Å². The lowest BCUT2D eigenvalue weighted by molar-refractivity contribution is 0.402. The van der Waals surface area contributed by atoms with Gasteiger partial charge in [0.25, 0.3) is 0 Å². The fourth-order valence-corrected chi connectivity index (χ4v) is 1.70. The van der Waals surface area contributed by atoms with E-state index in [1.54, 1.807) is 13.2 Å². The number of halogens is 1. The van der Waals surface area contributed by atoms with Crippen LogP contribution in [0.1, 0.15) is 12.0 Å². The molecule has 2 atom stereocenters. The molecule has 1 aliphatic rings. The van der Waals surface area contributed by atoms with Crippen molar-refractivity contribution < 1.29 is 4.74 Å². The first-order chi connectivity index (χ1) is 7.76. The molecule has 0 saturated heterocycles. The third kappa shape index (κ3) is 2.17. The van der Waals surface area contributed by atoms with Crippen molar-refractivity contribution in [2.24, 2.45) is 10.9 Å². The fraction of sp³-hybridized carbons (Fsp3) is 0.333. The molecule has 3 nitrogen and oxygen atoms in total. The number of nitriles is 1. The first kappa shape index (κ1) is 11.0. The Hall–Kier alpha value is -1.53. The maximum atomic E-state index is 8.70. The summed E-state index contributed by atoms with van der Waals surface area (Å²) >= 11 is 6.05. The first-order valence-electron chi connectivity index (χ1n) is 5.02. The Morgan fingerprint density at radius 3 is 2.88 bits per heavy atom. The zero-order chi connectivity index (χ0) is 11.5. The van der Waals surface area contributed by atoms with E-state index >= 15 is 0 Å². The number of hydrogen-bond acceptors (Lipinski definition) is 3. The minimum absolute atomic E-state index is 0.0348. The number of hydrogen-bond donors (Lipinski definition) is 0. The molecule has 0 heterocycles. The number of nitrogens with zero attached hydrogens (tertiary/aromatic N) is 2. The molecule has 0 aliphatic heterocycles. The van der Waals surface area contributed by atoms with Crippen molar-refractivity contribution in [1.82, 2.24) is 0 Å². The second-order valence-corrected chi connectivity index (χ2v) is 4.06. The molecular weight excluding hydrogens is 224 g/mol. The van der Waals surface area contributed by atoms with Crippen LogP contribution in [0.4, 0.5) is 0 Å². The monoisotopic (exact) mass is 234 g/mol. The quantitative estimate of drug-likeness (QED) is 0.583. The maximum Gasteiger partial charge on any atom is 0.217 e. The summed E-state index contributed by atoms with van der Waals surface area (Å²) in [6.45, 7) is 0. The van der Waals surface area contributed by atoms with Crippen molar-refractivity contribution in [1.29, 1.82) is 5.26 Å². The van der Waals surface area contributed by atoms with Crippen LogP contribution >= 0.6 is 11.6 Å². The molecule has 0 amide bonds. The van der Waals surface area contributed by atoms with E-state index in [1.807, 2.05) is 18.2 Å². The molecule has 1 aliphatic carbocycles. The van der Waals surface area contributed by atoms with Crippen LogP contribution in [0.15, 0.2) is 29.3 Å². The van der Waals surface area contributed by atoms with E-state index in [-0.39, 0.29) is 12.0 Å². The smallest absolute Gasteiger partial charge is 0.217 e. The molecule has 0 aromatic heterocycles. The molecule has 4 heteroatoms. The van der Waals surface area contributed by atoms with Crippen molar-refractivity contribution >= 4 is 17.5 Å². The molecule has 16 heavy (non-hydrogen) atoms. The second-order valence-electron chi connectivity index (χ2n) is 3.66. The summed E-state index contributed by atoms with van der Waals surface area (Å²) < 4.78 is 5.22. The molecule has 0 bridgehead atoms. The summed E-state index contributed by atoms with van der Waals surface area (Å²) in [6, 6.07) is 9.64. The lowest BCUT2D eigenvalue weighted by Crippen LogP contribution is -2.06. The van der Waals surface area contributed by atoms with Crippen LogP contribution in [-0.2, 0) is 4.74 Å². The van der Waals surface area contributed by atoms with Crippen LogP contribution in [0.2, 0.25) is 5.02 Å². The van der Waals surface area contributed by atoms with Gasteiger partial charge in [0.05, 0.1) is 35.7 Å². The van der Waals surface area contributed by atoms with Crippen molar-refractivity contribution in [3.63, 3.8) is 0 Å². The Balaban J connectivity index is 2.24. The second kappa shape index (κ2) is 4.54. The van der Waals surface area contributed by atoms with E-state index in [0.29, 0.717) is 10.9 Å². The van der Waals surface area contributed by atoms with Gasteiger partial charge in [-0.05, 0) is 18.6 Å². The number of aliphatic imine (C=N–C) groups is 1. The molecule has 2 rings (SSSR count). The molecular formula is C12H11ClN2O. The fourth-order valence-electron chi connectivity index (χ4n) is 1.48. The van der Waals surface area contributed by atoms with Crippen LogP contribution in [0.3, 0.4) is 0 Å². The van der Waals surface area contributed by atoms with Gasteiger partial charge >= 0.3 is 0 Å². The maximum absolute atomic E-state index is 8.70. The highest BCUT2D eigenvalue weighted by Crippen LogP contribution is 2.33. The lowest BCUT2D eigenvalue weighted by atomic mass is 10.2. The highest BCUT2D eigenvalue weighted by Gasteiger charge is 2.38. The normalized spacial score (nSPS) is 23.7. The molecule has 82 valence electrons. The van der Waals surface area contributed by atoms with Crippen molar-refractivity contribution in [2.45, 2.75) is 12.5 Å². The standard InChI is InChI=1S/C12H11ClN2O/c1-16-12(15-11-6-8(11)7-14)9-4-2-3-5-10(9)13/h2-5,8,11H,6H2,1H3/t8-,11+/m1/s1. The van der Waals surface area contributed by atoms with E-state index in [1.165, 1.54) is 0 Å². The molecule has 0 radical (unpaired) electrons. The molecule has 1 fully saturated rings. The third-order valence-corrected chi connectivity index (χ3v) is 2.83. The van der Waals surface area contributed by atoms with Gasteiger partial charge in [-0.3, -0.25) is 0 Å². The Morgan fingerprint density at radius 1 is 1.56 bits per heavy atom. The Labute approximate surface area is 99.3 Å². The average molecular weight is 235 g/mol. The zero-order valence-electron chi connectivity index (χ0n) is 8.85. The summed E-state index contributed by atoms with van der Waals surface area (Å²) in [5.74, 6) is 0.543. The number of rotatable bonds is 2. The Morgan fingerprint density at radius 2 is 2.31 bits per heavy atom. The zero-order valence-corrected chi connectivity index (χ0v) is 9.61. The Bertz CT molecular complexity index is 464. The minimum Gasteiger partial charge on any atom is -0.481 e. The molecule has 1 aromatic carbocycles. The number of methoxy groups -OCH3 is 1. The van der Waals surface area contributed by atoms with E-state index in [9.17, 15) is 0 Å². The largest absolute Gasteiger partial charge is 0.481 e. The molecule has 1 saturated carbocycles. The van der Waals surface area contributed by atoms with Gasteiger partial charge in [-0.2, -0.15) is 5.26 Å². The average Bonchev–Trinajstić information content (AvgIpc) is 3.05. The summed E-state index contributed by atoms with van der Waals surface area (Å²) in [7, 11) is 1.56. The first-order valence-corrected chi connectivity index (χ1v) is 5.40. The molecule has 0 N–H and O–H groups in total. The SMILES string of the molecule is COC(=N[C@H]1C[C@@H]1C#N)c1ccccc1Cl. The van der Waals surface area contributed by atoms with Crippen LogP contribution in [0.5, 0.6) is 0 Å². The van der Waals surface area contributed by atoms with Gasteiger partial charge in [0.2, 0.25) is 5.90 Å². The van der Waals surface area contributed by atoms with E-state index in [4.69, 9.17) is 21.6 Å². The highest BCUT2D eigenvalue weighted by molar-refractivity contribution is 6.33. The van der Waals surface area contributed by atoms with Gasteiger partial charge in [0.15, 0.2) is 0 Å². The van der Waals surface area contributed by atoms with Gasteiger partial charge in [-0.1, -0.05) is 23.7 Å². The van der Waals surface area contributed by atoms with Gasteiger partial charge in [0, 0.05) is 0 Å². The summed E-state index contributed by atoms with van der Waals surface area (Å²) in [6.07, 6.45) is 0.813. The highest BCUT2D eigenvalue weighted by atomic mass is 35.5. The van der Waals surface area contributed by atoms with Crippen LogP contribution in [0.25, 0.3) is 0 Å². The van der Waals surface area contributed by atoms with Gasteiger partial charge in [0.1, 0.15) is 0 Å². The molecule has 0 spiro atoms. The number of ether oxygens (including phenoxy) is 1. The van der Waals surface area contributed by atoms with Crippen LogP contribution in [0, 0.1) is 17.2 Å². The van der Waals surface area contributed by atoms with E-state index in [0.717, 1.165) is 12.0 Å². The molecule has 1 aromatic rings. The molecule has 0 unspecified atom stereocenters. The van der Waals surface area contributed by atoms with E-state index < -0.39 is 0 Å². The summed E-state index contributed by atoms with van der Waals surface area (Å²) in [5.41, 5.74) is 0.773. The topological polar surface area (TPSA) is 45.4 Å². The summed E-state index contributed by atoms with van der Waals surface area (Å²) in [5, 5.41) is 9.31. The lowest BCUT2D eigenvalue weighted by Gasteiger charge is -2.06.